The molecule has 98 valence electrons. The number of hydrogen-bond acceptors (Lipinski definition) is 4. The van der Waals surface area contributed by atoms with Crippen molar-refractivity contribution in [3.63, 3.8) is 0 Å². The van der Waals surface area contributed by atoms with Gasteiger partial charge in [-0.3, -0.25) is 4.79 Å². The lowest BCUT2D eigenvalue weighted by Crippen LogP contribution is -2.41. The van der Waals surface area contributed by atoms with E-state index in [0.717, 1.165) is 18.7 Å². The molecular weight excluding hydrogens is 220 g/mol. The lowest BCUT2D eigenvalue weighted by molar-refractivity contribution is -0.124. The normalized spacial score (nSPS) is 19.9. The first-order valence-corrected chi connectivity index (χ1v) is 5.99. The molecule has 0 radical (unpaired) electrons. The summed E-state index contributed by atoms with van der Waals surface area (Å²) in [6, 6.07) is 0. The van der Waals surface area contributed by atoms with Crippen LogP contribution >= 0.6 is 0 Å². The molecule has 1 atom stereocenters. The Morgan fingerprint density at radius 1 is 1.65 bits per heavy atom. The zero-order valence-electron chi connectivity index (χ0n) is 10.5. The molecule has 0 aromatic carbocycles. The molecule has 1 amide bonds. The first-order chi connectivity index (χ1) is 8.18. The maximum atomic E-state index is 11.5. The summed E-state index contributed by atoms with van der Waals surface area (Å²) in [6.45, 7) is 9.53. The Labute approximate surface area is 103 Å². The summed E-state index contributed by atoms with van der Waals surface area (Å²) in [5.74, 6) is 0.0117. The lowest BCUT2D eigenvalue weighted by Gasteiger charge is -2.23. The number of morpholine rings is 1. The van der Waals surface area contributed by atoms with Crippen LogP contribution in [0.4, 0.5) is 0 Å². The Balaban J connectivity index is 1.98. The fraction of sp³-hybridized carbons (Fsp3) is 0.750. The number of rotatable bonds is 7. The Kier molecular flexibility index (Phi) is 6.84. The average Bonchev–Trinajstić information content (AvgIpc) is 2.29. The van der Waals surface area contributed by atoms with Gasteiger partial charge in [-0.1, -0.05) is 12.2 Å². The van der Waals surface area contributed by atoms with E-state index in [-0.39, 0.29) is 12.0 Å². The molecule has 2 N–H and O–H groups in total. The molecule has 0 spiro atoms. The quantitative estimate of drug-likeness (QED) is 0.490. The highest BCUT2D eigenvalue weighted by atomic mass is 16.5. The van der Waals surface area contributed by atoms with Crippen molar-refractivity contribution in [2.45, 2.75) is 19.4 Å². The zero-order chi connectivity index (χ0) is 12.5. The Morgan fingerprint density at radius 3 is 3.12 bits per heavy atom. The predicted octanol–water partition coefficient (Wildman–Crippen LogP) is 0.0738. The summed E-state index contributed by atoms with van der Waals surface area (Å²) in [6.07, 6.45) is 0.410. The smallest absolute Gasteiger partial charge is 0.222 e. The Bertz CT molecular complexity index is 250. The monoisotopic (exact) mass is 242 g/mol. The third kappa shape index (κ3) is 7.10. The van der Waals surface area contributed by atoms with Crippen molar-refractivity contribution in [1.82, 2.24) is 10.6 Å². The molecule has 1 unspecified atom stereocenters. The molecule has 5 heteroatoms. The van der Waals surface area contributed by atoms with Crippen LogP contribution in [0.15, 0.2) is 12.2 Å². The summed E-state index contributed by atoms with van der Waals surface area (Å²) in [7, 11) is 0. The van der Waals surface area contributed by atoms with E-state index in [0.29, 0.717) is 32.8 Å². The number of carbonyl (C=O) groups excluding carboxylic acids is 1. The highest BCUT2D eigenvalue weighted by Crippen LogP contribution is 2.00. The number of nitrogens with one attached hydrogen (secondary N) is 2. The van der Waals surface area contributed by atoms with E-state index in [1.54, 1.807) is 0 Å². The molecule has 1 heterocycles. The third-order valence-electron chi connectivity index (χ3n) is 2.33. The minimum atomic E-state index is 0.0000814. The molecule has 1 aliphatic heterocycles. The van der Waals surface area contributed by atoms with Crippen LogP contribution in [0, 0.1) is 0 Å². The summed E-state index contributed by atoms with van der Waals surface area (Å²) in [4.78, 5) is 11.5. The topological polar surface area (TPSA) is 59.6 Å². The average molecular weight is 242 g/mol. The number of carbonyl (C=O) groups is 1. The van der Waals surface area contributed by atoms with Gasteiger partial charge in [0.2, 0.25) is 5.91 Å². The molecule has 0 aromatic heterocycles. The number of amides is 1. The minimum absolute atomic E-state index is 0.0000814. The van der Waals surface area contributed by atoms with Crippen LogP contribution in [-0.2, 0) is 14.3 Å². The van der Waals surface area contributed by atoms with Crippen molar-refractivity contribution in [2.75, 3.05) is 39.5 Å². The van der Waals surface area contributed by atoms with Gasteiger partial charge in [-0.15, -0.1) is 0 Å². The Hall–Kier alpha value is -0.910. The van der Waals surface area contributed by atoms with Gasteiger partial charge in [0.15, 0.2) is 0 Å². The molecule has 5 nitrogen and oxygen atoms in total. The van der Waals surface area contributed by atoms with Crippen LogP contribution < -0.4 is 10.6 Å². The van der Waals surface area contributed by atoms with Crippen molar-refractivity contribution in [3.8, 4) is 0 Å². The van der Waals surface area contributed by atoms with Gasteiger partial charge in [-0.05, 0) is 6.92 Å². The van der Waals surface area contributed by atoms with E-state index in [2.05, 4.69) is 17.2 Å². The zero-order valence-corrected chi connectivity index (χ0v) is 10.5. The summed E-state index contributed by atoms with van der Waals surface area (Å²) >= 11 is 0. The van der Waals surface area contributed by atoms with E-state index in [4.69, 9.17) is 9.47 Å². The standard InChI is InChI=1S/C12H22N2O3/c1-10(2)9-16-5-4-14-12(15)7-11-8-13-3-6-17-11/h11,13H,1,3-9H2,2H3,(H,14,15). The van der Waals surface area contributed by atoms with Crippen LogP contribution in [0.25, 0.3) is 0 Å². The molecule has 0 aliphatic carbocycles. The van der Waals surface area contributed by atoms with Gasteiger partial charge in [0, 0.05) is 19.6 Å². The van der Waals surface area contributed by atoms with Crippen molar-refractivity contribution in [2.24, 2.45) is 0 Å². The SMILES string of the molecule is C=C(C)COCCNC(=O)CC1CNCCO1. The van der Waals surface area contributed by atoms with Crippen molar-refractivity contribution >= 4 is 5.91 Å². The van der Waals surface area contributed by atoms with Gasteiger partial charge in [0.1, 0.15) is 0 Å². The van der Waals surface area contributed by atoms with Crippen LogP contribution in [0.1, 0.15) is 13.3 Å². The number of ether oxygens (including phenoxy) is 2. The molecule has 1 rings (SSSR count). The van der Waals surface area contributed by atoms with Crippen molar-refractivity contribution < 1.29 is 14.3 Å². The van der Waals surface area contributed by atoms with E-state index >= 15 is 0 Å². The molecule has 0 aromatic rings. The second-order valence-corrected chi connectivity index (χ2v) is 4.26. The molecule has 0 saturated carbocycles. The van der Waals surface area contributed by atoms with Gasteiger partial charge in [-0.25, -0.2) is 0 Å². The van der Waals surface area contributed by atoms with Gasteiger partial charge in [-0.2, -0.15) is 0 Å². The summed E-state index contributed by atoms with van der Waals surface area (Å²) < 4.78 is 10.7. The van der Waals surface area contributed by atoms with Crippen LogP contribution in [0.3, 0.4) is 0 Å². The summed E-state index contributed by atoms with van der Waals surface area (Å²) in [5, 5.41) is 5.99. The first kappa shape index (κ1) is 14.2. The molecule has 1 fully saturated rings. The molecular formula is C12H22N2O3. The lowest BCUT2D eigenvalue weighted by atomic mass is 10.2. The number of hydrogen-bond donors (Lipinski definition) is 2. The van der Waals surface area contributed by atoms with Crippen LogP contribution in [-0.4, -0.2) is 51.5 Å². The first-order valence-electron chi connectivity index (χ1n) is 5.99. The largest absolute Gasteiger partial charge is 0.375 e. The molecule has 17 heavy (non-hydrogen) atoms. The van der Waals surface area contributed by atoms with E-state index in [1.807, 2.05) is 6.92 Å². The molecule has 0 bridgehead atoms. The van der Waals surface area contributed by atoms with Gasteiger partial charge in [0.05, 0.1) is 32.3 Å². The van der Waals surface area contributed by atoms with Gasteiger partial charge >= 0.3 is 0 Å². The van der Waals surface area contributed by atoms with Crippen molar-refractivity contribution in [3.05, 3.63) is 12.2 Å². The maximum Gasteiger partial charge on any atom is 0.222 e. The van der Waals surface area contributed by atoms with E-state index < -0.39 is 0 Å². The van der Waals surface area contributed by atoms with Gasteiger partial charge in [0.25, 0.3) is 0 Å². The fourth-order valence-electron chi connectivity index (χ4n) is 1.54. The fourth-order valence-corrected chi connectivity index (χ4v) is 1.54. The van der Waals surface area contributed by atoms with Crippen LogP contribution in [0.5, 0.6) is 0 Å². The van der Waals surface area contributed by atoms with E-state index in [9.17, 15) is 4.79 Å². The van der Waals surface area contributed by atoms with E-state index in [1.165, 1.54) is 0 Å². The highest BCUT2D eigenvalue weighted by Gasteiger charge is 2.16. The highest BCUT2D eigenvalue weighted by molar-refractivity contribution is 5.76. The van der Waals surface area contributed by atoms with Crippen molar-refractivity contribution in [1.29, 1.82) is 0 Å². The minimum Gasteiger partial charge on any atom is -0.375 e. The maximum absolute atomic E-state index is 11.5. The van der Waals surface area contributed by atoms with Crippen LogP contribution in [0.2, 0.25) is 0 Å². The molecule has 1 saturated heterocycles. The van der Waals surface area contributed by atoms with Gasteiger partial charge < -0.3 is 20.1 Å². The second-order valence-electron chi connectivity index (χ2n) is 4.26. The Morgan fingerprint density at radius 2 is 2.47 bits per heavy atom. The third-order valence-corrected chi connectivity index (χ3v) is 2.33. The second kappa shape index (κ2) is 8.22. The molecule has 1 aliphatic rings. The summed E-state index contributed by atoms with van der Waals surface area (Å²) in [5.41, 5.74) is 0.984. The predicted molar refractivity (Wildman–Crippen MR) is 65.9 cm³/mol.